The van der Waals surface area contributed by atoms with E-state index in [1.165, 1.54) is 6.07 Å². The highest BCUT2D eigenvalue weighted by atomic mass is 79.9. The molecule has 0 aliphatic heterocycles. The smallest absolute Gasteiger partial charge is 0.306 e. The van der Waals surface area contributed by atoms with Crippen LogP contribution in [0.1, 0.15) is 10.4 Å². The van der Waals surface area contributed by atoms with Crippen LogP contribution in [0.2, 0.25) is 0 Å². The first-order valence-electron chi connectivity index (χ1n) is 3.67. The van der Waals surface area contributed by atoms with Gasteiger partial charge in [0.25, 0.3) is 0 Å². The second kappa shape index (κ2) is 4.63. The van der Waals surface area contributed by atoms with Gasteiger partial charge >= 0.3 is 10.1 Å². The number of halogens is 2. The molecule has 0 aliphatic rings. The van der Waals surface area contributed by atoms with Gasteiger partial charge in [0.2, 0.25) is 0 Å². The highest BCUT2D eigenvalue weighted by Gasteiger charge is 2.14. The van der Waals surface area contributed by atoms with E-state index >= 15 is 0 Å². The van der Waals surface area contributed by atoms with Crippen LogP contribution in [0.25, 0.3) is 0 Å². The molecule has 0 saturated heterocycles. The third-order valence-corrected chi connectivity index (χ3v) is 2.92. The third kappa shape index (κ3) is 3.58. The summed E-state index contributed by atoms with van der Waals surface area (Å²) in [4.78, 5) is 10.7. The molecule has 0 heterocycles. The molecule has 1 aromatic rings. The summed E-state index contributed by atoms with van der Waals surface area (Å²) in [5.41, 5.74) is 0.154. The summed E-state index contributed by atoms with van der Waals surface area (Å²) in [6.07, 6.45) is 1.44. The van der Waals surface area contributed by atoms with E-state index in [9.17, 15) is 13.2 Å². The zero-order valence-electron chi connectivity index (χ0n) is 7.53. The Hall–Kier alpha value is -0.400. The summed E-state index contributed by atoms with van der Waals surface area (Å²) >= 11 is 6.29. The van der Waals surface area contributed by atoms with Crippen molar-refractivity contribution in [3.8, 4) is 5.75 Å². The summed E-state index contributed by atoms with van der Waals surface area (Å²) in [5, 5.41) is 0. The van der Waals surface area contributed by atoms with Crippen molar-refractivity contribution in [2.24, 2.45) is 0 Å². The van der Waals surface area contributed by atoms with Crippen LogP contribution in [0.5, 0.6) is 5.75 Å². The van der Waals surface area contributed by atoms with Crippen molar-refractivity contribution in [1.82, 2.24) is 0 Å². The van der Waals surface area contributed by atoms with Crippen LogP contribution >= 0.6 is 31.9 Å². The highest BCUT2D eigenvalue weighted by molar-refractivity contribution is 9.11. The summed E-state index contributed by atoms with van der Waals surface area (Å²) < 4.78 is 27.6. The van der Waals surface area contributed by atoms with E-state index in [1.54, 1.807) is 6.07 Å². The topological polar surface area (TPSA) is 60.4 Å². The lowest BCUT2D eigenvalue weighted by atomic mass is 10.2. The van der Waals surface area contributed by atoms with Crippen molar-refractivity contribution in [3.05, 3.63) is 26.6 Å². The molecular formula is C8H6Br2O4S. The average Bonchev–Trinajstić information content (AvgIpc) is 2.07. The van der Waals surface area contributed by atoms with Gasteiger partial charge in [-0.05, 0) is 28.1 Å². The van der Waals surface area contributed by atoms with Gasteiger partial charge in [-0.2, -0.15) is 8.42 Å². The number of carbonyl (C=O) groups excluding carboxylic acids is 1. The van der Waals surface area contributed by atoms with Crippen LogP contribution in [0.15, 0.2) is 21.1 Å². The van der Waals surface area contributed by atoms with Crippen LogP contribution in [0, 0.1) is 0 Å². The van der Waals surface area contributed by atoms with Crippen molar-refractivity contribution < 1.29 is 17.4 Å². The lowest BCUT2D eigenvalue weighted by Gasteiger charge is -2.08. The fourth-order valence-corrected chi connectivity index (χ4v) is 2.84. The zero-order valence-corrected chi connectivity index (χ0v) is 11.5. The second-order valence-corrected chi connectivity index (χ2v) is 6.06. The van der Waals surface area contributed by atoms with E-state index in [-0.39, 0.29) is 11.3 Å². The van der Waals surface area contributed by atoms with Crippen molar-refractivity contribution in [3.63, 3.8) is 0 Å². The first-order valence-corrected chi connectivity index (χ1v) is 7.07. The van der Waals surface area contributed by atoms with Gasteiger partial charge in [-0.25, -0.2) is 0 Å². The van der Waals surface area contributed by atoms with E-state index in [2.05, 4.69) is 36.0 Å². The molecule has 7 heteroatoms. The van der Waals surface area contributed by atoms with E-state index in [0.29, 0.717) is 15.2 Å². The molecule has 1 rings (SSSR count). The molecule has 0 unspecified atom stereocenters. The molecule has 0 bridgehead atoms. The molecule has 0 N–H and O–H groups in total. The third-order valence-electron chi connectivity index (χ3n) is 1.40. The molecule has 1 aromatic carbocycles. The Kier molecular flexibility index (Phi) is 3.91. The predicted molar refractivity (Wildman–Crippen MR) is 62.7 cm³/mol. The van der Waals surface area contributed by atoms with Gasteiger partial charge in [-0.3, -0.25) is 4.79 Å². The molecule has 82 valence electrons. The molecule has 0 fully saturated rings. The maximum Gasteiger partial charge on any atom is 0.306 e. The van der Waals surface area contributed by atoms with Crippen LogP contribution in [0.3, 0.4) is 0 Å². The molecule has 0 amide bonds. The van der Waals surface area contributed by atoms with Gasteiger partial charge in [-0.1, -0.05) is 15.9 Å². The highest BCUT2D eigenvalue weighted by Crippen LogP contribution is 2.32. The molecule has 0 aromatic heterocycles. The number of benzene rings is 1. The van der Waals surface area contributed by atoms with Gasteiger partial charge in [0.05, 0.1) is 16.3 Å². The number of carbonyl (C=O) groups is 1. The van der Waals surface area contributed by atoms with Crippen molar-refractivity contribution in [2.45, 2.75) is 0 Å². The van der Waals surface area contributed by atoms with E-state index in [1.807, 2.05) is 0 Å². The lowest BCUT2D eigenvalue weighted by Crippen LogP contribution is -2.08. The number of rotatable bonds is 3. The monoisotopic (exact) mass is 356 g/mol. The Morgan fingerprint density at radius 2 is 1.93 bits per heavy atom. The Morgan fingerprint density at radius 1 is 1.33 bits per heavy atom. The average molecular weight is 358 g/mol. The predicted octanol–water partition coefficient (Wildman–Crippen LogP) is 2.36. The molecule has 0 saturated carbocycles. The second-order valence-electron chi connectivity index (χ2n) is 2.71. The number of hydrogen-bond acceptors (Lipinski definition) is 4. The van der Waals surface area contributed by atoms with Crippen LogP contribution < -0.4 is 4.18 Å². The molecule has 0 radical (unpaired) electrons. The van der Waals surface area contributed by atoms with Crippen molar-refractivity contribution in [1.29, 1.82) is 0 Å². The van der Waals surface area contributed by atoms with Crippen LogP contribution in [-0.4, -0.2) is 21.0 Å². The first-order chi connectivity index (χ1) is 6.83. The minimum Gasteiger partial charge on any atom is -0.381 e. The van der Waals surface area contributed by atoms with Crippen LogP contribution in [-0.2, 0) is 10.1 Å². The summed E-state index contributed by atoms with van der Waals surface area (Å²) in [7, 11) is -3.65. The van der Waals surface area contributed by atoms with Gasteiger partial charge in [0, 0.05) is 4.47 Å². The SMILES string of the molecule is CS(=O)(=O)Oc1c(Br)cc(Br)cc1C=O. The fourth-order valence-electron chi connectivity index (χ4n) is 0.907. The molecule has 15 heavy (non-hydrogen) atoms. The molecule has 0 aliphatic carbocycles. The summed E-state index contributed by atoms with van der Waals surface area (Å²) in [5.74, 6) is -0.00398. The normalized spacial score (nSPS) is 11.1. The molecule has 0 spiro atoms. The maximum absolute atomic E-state index is 10.9. The van der Waals surface area contributed by atoms with Crippen molar-refractivity contribution in [2.75, 3.05) is 6.26 Å². The lowest BCUT2D eigenvalue weighted by molar-refractivity contribution is 0.112. The zero-order chi connectivity index (χ0) is 11.6. The largest absolute Gasteiger partial charge is 0.381 e. The fraction of sp³-hybridized carbons (Fsp3) is 0.125. The maximum atomic E-state index is 10.9. The van der Waals surface area contributed by atoms with Crippen molar-refractivity contribution >= 4 is 48.3 Å². The number of aldehydes is 1. The molecule has 4 nitrogen and oxygen atoms in total. The van der Waals surface area contributed by atoms with Crippen LogP contribution in [0.4, 0.5) is 0 Å². The Balaban J connectivity index is 3.33. The van der Waals surface area contributed by atoms with E-state index in [4.69, 9.17) is 0 Å². The van der Waals surface area contributed by atoms with Gasteiger partial charge in [-0.15, -0.1) is 0 Å². The molecular weight excluding hydrogens is 352 g/mol. The molecule has 0 atom stereocenters. The summed E-state index contributed by atoms with van der Waals surface area (Å²) in [6.45, 7) is 0. The Morgan fingerprint density at radius 3 is 2.40 bits per heavy atom. The first kappa shape index (κ1) is 12.7. The van der Waals surface area contributed by atoms with Gasteiger partial charge < -0.3 is 4.18 Å². The minimum absolute atomic E-state index is 0.00398. The Labute approximate surface area is 104 Å². The van der Waals surface area contributed by atoms with E-state index < -0.39 is 10.1 Å². The van der Waals surface area contributed by atoms with Gasteiger partial charge in [0.15, 0.2) is 12.0 Å². The minimum atomic E-state index is -3.65. The quantitative estimate of drug-likeness (QED) is 0.615. The van der Waals surface area contributed by atoms with Gasteiger partial charge in [0.1, 0.15) is 0 Å². The summed E-state index contributed by atoms with van der Waals surface area (Å²) in [6, 6.07) is 3.06. The van der Waals surface area contributed by atoms with E-state index in [0.717, 1.165) is 6.26 Å². The Bertz CT molecular complexity index is 496. The number of hydrogen-bond donors (Lipinski definition) is 0. The standard InChI is InChI=1S/C8H6Br2O4S/c1-15(12,13)14-8-5(4-11)2-6(9)3-7(8)10/h2-4H,1H3.